The van der Waals surface area contributed by atoms with Gasteiger partial charge in [0.2, 0.25) is 0 Å². The van der Waals surface area contributed by atoms with Crippen LogP contribution in [-0.2, 0) is 10.0 Å². The number of hydrogen-bond donors (Lipinski definition) is 1. The van der Waals surface area contributed by atoms with Gasteiger partial charge in [0.05, 0.1) is 14.2 Å². The molecule has 0 unspecified atom stereocenters. The van der Waals surface area contributed by atoms with E-state index in [9.17, 15) is 8.42 Å². The van der Waals surface area contributed by atoms with Gasteiger partial charge in [-0.15, -0.1) is 0 Å². The fraction of sp³-hybridized carbons (Fsp3) is 0.400. The van der Waals surface area contributed by atoms with Crippen molar-refractivity contribution in [3.8, 4) is 11.5 Å². The summed E-state index contributed by atoms with van der Waals surface area (Å²) >= 11 is 3.31. The van der Waals surface area contributed by atoms with Gasteiger partial charge in [-0.3, -0.25) is 4.72 Å². The molecule has 0 saturated carbocycles. The number of sulfonamides is 1. The number of nitrogens with zero attached hydrogens (tertiary/aromatic N) is 1. The third-order valence-corrected chi connectivity index (χ3v) is 7.34. The molecule has 1 heterocycles. The number of rotatable bonds is 6. The van der Waals surface area contributed by atoms with Crippen LogP contribution >= 0.6 is 15.9 Å². The van der Waals surface area contributed by atoms with Gasteiger partial charge >= 0.3 is 0 Å². The van der Waals surface area contributed by atoms with Crippen LogP contribution in [0.4, 0.5) is 11.4 Å². The lowest BCUT2D eigenvalue weighted by Gasteiger charge is -2.32. The maximum atomic E-state index is 12.9. The molecule has 0 bridgehead atoms. The second-order valence-electron chi connectivity index (χ2n) is 6.96. The Morgan fingerprint density at radius 2 is 1.61 bits per heavy atom. The molecule has 152 valence electrons. The minimum atomic E-state index is -3.79. The quantitative estimate of drug-likeness (QED) is 0.675. The minimum Gasteiger partial charge on any atom is -0.493 e. The average molecular weight is 469 g/mol. The summed E-state index contributed by atoms with van der Waals surface area (Å²) < 4.78 is 39.2. The van der Waals surface area contributed by atoms with Crippen LogP contribution in [-0.4, -0.2) is 35.7 Å². The molecule has 8 heteroatoms. The van der Waals surface area contributed by atoms with E-state index in [-0.39, 0.29) is 4.90 Å². The molecule has 0 spiro atoms. The van der Waals surface area contributed by atoms with Crippen LogP contribution in [0.2, 0.25) is 0 Å². The Morgan fingerprint density at radius 1 is 1.04 bits per heavy atom. The second-order valence-corrected chi connectivity index (χ2v) is 9.46. The Kier molecular flexibility index (Phi) is 6.40. The van der Waals surface area contributed by atoms with Gasteiger partial charge in [0.1, 0.15) is 4.90 Å². The van der Waals surface area contributed by atoms with E-state index in [0.717, 1.165) is 24.7 Å². The van der Waals surface area contributed by atoms with Crippen LogP contribution in [0.3, 0.4) is 0 Å². The predicted molar refractivity (Wildman–Crippen MR) is 115 cm³/mol. The zero-order chi connectivity index (χ0) is 20.3. The molecular weight excluding hydrogens is 444 g/mol. The summed E-state index contributed by atoms with van der Waals surface area (Å²) in [4.78, 5) is 2.42. The zero-order valence-corrected chi connectivity index (χ0v) is 18.6. The molecule has 1 saturated heterocycles. The van der Waals surface area contributed by atoms with Crippen molar-refractivity contribution in [1.82, 2.24) is 0 Å². The van der Waals surface area contributed by atoms with Gasteiger partial charge in [-0.2, -0.15) is 0 Å². The molecule has 2 aromatic rings. The van der Waals surface area contributed by atoms with Gasteiger partial charge in [0, 0.05) is 35.0 Å². The normalized spacial score (nSPS) is 15.4. The Labute approximate surface area is 175 Å². The summed E-state index contributed by atoms with van der Waals surface area (Å²) in [6, 6.07) is 10.5. The molecule has 28 heavy (non-hydrogen) atoms. The lowest BCUT2D eigenvalue weighted by Crippen LogP contribution is -2.32. The summed E-state index contributed by atoms with van der Waals surface area (Å²) in [5, 5.41) is 0. The first-order valence-electron chi connectivity index (χ1n) is 9.13. The van der Waals surface area contributed by atoms with Crippen LogP contribution in [0, 0.1) is 5.92 Å². The molecule has 3 rings (SSSR count). The molecule has 0 radical (unpaired) electrons. The van der Waals surface area contributed by atoms with Crippen LogP contribution in [0.15, 0.2) is 45.8 Å². The topological polar surface area (TPSA) is 67.9 Å². The number of hydrogen-bond acceptors (Lipinski definition) is 5. The summed E-state index contributed by atoms with van der Waals surface area (Å²) in [6.45, 7) is 4.34. The van der Waals surface area contributed by atoms with Crippen molar-refractivity contribution in [3.63, 3.8) is 0 Å². The summed E-state index contributed by atoms with van der Waals surface area (Å²) in [7, 11) is -0.823. The molecule has 0 aromatic heterocycles. The van der Waals surface area contributed by atoms with E-state index >= 15 is 0 Å². The molecule has 1 aliphatic rings. The molecular formula is C20H25BrN2O4S. The van der Waals surface area contributed by atoms with Crippen LogP contribution in [0.25, 0.3) is 0 Å². The van der Waals surface area contributed by atoms with E-state index in [1.165, 1.54) is 33.1 Å². The maximum absolute atomic E-state index is 12.9. The Morgan fingerprint density at radius 3 is 2.18 bits per heavy atom. The highest BCUT2D eigenvalue weighted by Gasteiger charge is 2.22. The maximum Gasteiger partial charge on any atom is 0.263 e. The molecule has 6 nitrogen and oxygen atoms in total. The molecule has 1 aliphatic heterocycles. The highest BCUT2D eigenvalue weighted by Crippen LogP contribution is 2.36. The van der Waals surface area contributed by atoms with Crippen LogP contribution in [0.5, 0.6) is 11.5 Å². The van der Waals surface area contributed by atoms with Gasteiger partial charge in [0.15, 0.2) is 11.5 Å². The molecule has 1 fully saturated rings. The van der Waals surface area contributed by atoms with Crippen LogP contribution < -0.4 is 19.1 Å². The van der Waals surface area contributed by atoms with Gasteiger partial charge in [-0.1, -0.05) is 6.92 Å². The van der Waals surface area contributed by atoms with Gasteiger partial charge in [-0.25, -0.2) is 8.42 Å². The first-order chi connectivity index (χ1) is 13.3. The van der Waals surface area contributed by atoms with Gasteiger partial charge < -0.3 is 14.4 Å². The molecule has 0 atom stereocenters. The van der Waals surface area contributed by atoms with E-state index in [2.05, 4.69) is 32.5 Å². The van der Waals surface area contributed by atoms with Crippen molar-refractivity contribution in [2.75, 3.05) is 36.9 Å². The van der Waals surface area contributed by atoms with E-state index in [4.69, 9.17) is 9.47 Å². The van der Waals surface area contributed by atoms with E-state index in [1.54, 1.807) is 18.2 Å². The number of anilines is 2. The van der Waals surface area contributed by atoms with Crippen molar-refractivity contribution in [1.29, 1.82) is 0 Å². The van der Waals surface area contributed by atoms with Crippen molar-refractivity contribution < 1.29 is 17.9 Å². The number of halogens is 1. The standard InChI is InChI=1S/C20H25BrN2O4S/c1-14-8-10-23(11-9-14)16-6-4-15(5-7-16)22-28(24,25)20-13-19(27-3)18(26-2)12-17(20)21/h4-7,12-14,22H,8-11H2,1-3H3. The van der Waals surface area contributed by atoms with Crippen molar-refractivity contribution >= 4 is 37.3 Å². The Bertz CT molecular complexity index is 924. The number of piperidine rings is 1. The molecule has 1 N–H and O–H groups in total. The molecule has 2 aromatic carbocycles. The SMILES string of the molecule is COc1cc(Br)c(S(=O)(=O)Nc2ccc(N3CCC(C)CC3)cc2)cc1OC. The third-order valence-electron chi connectivity index (χ3n) is 5.00. The number of nitrogens with one attached hydrogen (secondary N) is 1. The monoisotopic (exact) mass is 468 g/mol. The van der Waals surface area contributed by atoms with E-state index in [0.29, 0.717) is 21.7 Å². The fourth-order valence-electron chi connectivity index (χ4n) is 3.26. The lowest BCUT2D eigenvalue weighted by atomic mass is 9.99. The van der Waals surface area contributed by atoms with E-state index in [1.807, 2.05) is 12.1 Å². The molecule has 0 amide bonds. The second kappa shape index (κ2) is 8.61. The fourth-order valence-corrected chi connectivity index (χ4v) is 5.35. The number of methoxy groups -OCH3 is 2. The Balaban J connectivity index is 1.79. The third kappa shape index (κ3) is 4.55. The van der Waals surface area contributed by atoms with E-state index < -0.39 is 10.0 Å². The van der Waals surface area contributed by atoms with Crippen LogP contribution in [0.1, 0.15) is 19.8 Å². The number of benzene rings is 2. The highest BCUT2D eigenvalue weighted by molar-refractivity contribution is 9.10. The minimum absolute atomic E-state index is 0.0826. The summed E-state index contributed by atoms with van der Waals surface area (Å²) in [5.74, 6) is 1.57. The van der Waals surface area contributed by atoms with Gasteiger partial charge in [0.25, 0.3) is 10.0 Å². The first kappa shape index (κ1) is 20.8. The Hall–Kier alpha value is -1.93. The first-order valence-corrected chi connectivity index (χ1v) is 11.4. The molecule has 0 aliphatic carbocycles. The summed E-state index contributed by atoms with van der Waals surface area (Å²) in [6.07, 6.45) is 2.36. The highest BCUT2D eigenvalue weighted by atomic mass is 79.9. The average Bonchev–Trinajstić information content (AvgIpc) is 2.68. The van der Waals surface area contributed by atoms with Gasteiger partial charge in [-0.05, 0) is 65.0 Å². The summed E-state index contributed by atoms with van der Waals surface area (Å²) in [5.41, 5.74) is 1.62. The predicted octanol–water partition coefficient (Wildman–Crippen LogP) is 4.50. The number of ether oxygens (including phenoxy) is 2. The zero-order valence-electron chi connectivity index (χ0n) is 16.2. The largest absolute Gasteiger partial charge is 0.493 e. The smallest absolute Gasteiger partial charge is 0.263 e. The van der Waals surface area contributed by atoms with Crippen molar-refractivity contribution in [2.24, 2.45) is 5.92 Å². The van der Waals surface area contributed by atoms with Crippen molar-refractivity contribution in [3.05, 3.63) is 40.9 Å². The lowest BCUT2D eigenvalue weighted by molar-refractivity contribution is 0.353. The van der Waals surface area contributed by atoms with Crippen molar-refractivity contribution in [2.45, 2.75) is 24.7 Å².